The normalized spacial score (nSPS) is 23.8. The lowest BCUT2D eigenvalue weighted by atomic mass is 10.1. The summed E-state index contributed by atoms with van der Waals surface area (Å²) < 4.78 is 0. The molecule has 0 aromatic carbocycles. The molecular formula is C14H24N4OS. The number of piperazine rings is 1. The number of hydrogen-bond donors (Lipinski definition) is 1. The van der Waals surface area contributed by atoms with Crippen LogP contribution in [0.25, 0.3) is 0 Å². The fourth-order valence-corrected chi connectivity index (χ4v) is 3.71. The average molecular weight is 296 g/mol. The van der Waals surface area contributed by atoms with Crippen LogP contribution in [-0.2, 0) is 11.3 Å². The Kier molecular flexibility index (Phi) is 5.12. The fourth-order valence-electron chi connectivity index (χ4n) is 2.78. The molecule has 6 heteroatoms. The van der Waals surface area contributed by atoms with Crippen molar-refractivity contribution in [3.05, 3.63) is 11.1 Å². The molecule has 1 aliphatic rings. The highest BCUT2D eigenvalue weighted by molar-refractivity contribution is 7.14. The van der Waals surface area contributed by atoms with E-state index in [-0.39, 0.29) is 5.91 Å². The van der Waals surface area contributed by atoms with Gasteiger partial charge in [-0.25, -0.2) is 4.98 Å². The monoisotopic (exact) mass is 296 g/mol. The van der Waals surface area contributed by atoms with Crippen LogP contribution in [0.1, 0.15) is 33.4 Å². The number of hydrogen-bond acceptors (Lipinski definition) is 5. The number of amides is 1. The SMILES string of the molecule is CCN(C(C)=O)c1nc(CN2CC(C)NC(C)C2)cs1. The molecule has 1 fully saturated rings. The van der Waals surface area contributed by atoms with Gasteiger partial charge in [-0.1, -0.05) is 0 Å². The highest BCUT2D eigenvalue weighted by Gasteiger charge is 2.22. The van der Waals surface area contributed by atoms with Crippen LogP contribution in [0.3, 0.4) is 0 Å². The molecule has 5 nitrogen and oxygen atoms in total. The van der Waals surface area contributed by atoms with Crippen LogP contribution in [0, 0.1) is 0 Å². The summed E-state index contributed by atoms with van der Waals surface area (Å²) in [6.45, 7) is 11.6. The third-order valence-electron chi connectivity index (χ3n) is 3.49. The minimum Gasteiger partial charge on any atom is -0.309 e. The van der Waals surface area contributed by atoms with E-state index in [0.717, 1.165) is 30.5 Å². The molecule has 112 valence electrons. The molecule has 1 saturated heterocycles. The van der Waals surface area contributed by atoms with Gasteiger partial charge in [0.2, 0.25) is 5.91 Å². The van der Waals surface area contributed by atoms with Crippen molar-refractivity contribution >= 4 is 22.4 Å². The maximum absolute atomic E-state index is 11.5. The maximum atomic E-state index is 11.5. The zero-order chi connectivity index (χ0) is 14.7. The van der Waals surface area contributed by atoms with Crippen LogP contribution in [0.15, 0.2) is 5.38 Å². The van der Waals surface area contributed by atoms with Crippen molar-refractivity contribution in [3.8, 4) is 0 Å². The van der Waals surface area contributed by atoms with Gasteiger partial charge in [0.15, 0.2) is 5.13 Å². The second-order valence-electron chi connectivity index (χ2n) is 5.55. The third-order valence-corrected chi connectivity index (χ3v) is 4.40. The highest BCUT2D eigenvalue weighted by Crippen LogP contribution is 2.22. The van der Waals surface area contributed by atoms with Gasteiger partial charge in [-0.2, -0.15) is 0 Å². The Morgan fingerprint density at radius 2 is 2.15 bits per heavy atom. The minimum absolute atomic E-state index is 0.0535. The first-order valence-corrected chi connectivity index (χ1v) is 8.08. The zero-order valence-corrected chi connectivity index (χ0v) is 13.5. The van der Waals surface area contributed by atoms with Gasteiger partial charge in [0.25, 0.3) is 0 Å². The lowest BCUT2D eigenvalue weighted by Gasteiger charge is -2.35. The molecule has 0 aliphatic carbocycles. The van der Waals surface area contributed by atoms with E-state index in [9.17, 15) is 4.79 Å². The minimum atomic E-state index is 0.0535. The third kappa shape index (κ3) is 3.77. The molecule has 1 amide bonds. The Balaban J connectivity index is 2.00. The zero-order valence-electron chi connectivity index (χ0n) is 12.7. The second-order valence-corrected chi connectivity index (χ2v) is 6.38. The quantitative estimate of drug-likeness (QED) is 0.919. The van der Waals surface area contributed by atoms with E-state index < -0.39 is 0 Å². The summed E-state index contributed by atoms with van der Waals surface area (Å²) in [6, 6.07) is 1.03. The van der Waals surface area contributed by atoms with Crippen molar-refractivity contribution in [2.75, 3.05) is 24.5 Å². The molecule has 0 saturated carbocycles. The predicted molar refractivity (Wildman–Crippen MR) is 83.2 cm³/mol. The van der Waals surface area contributed by atoms with Crippen molar-refractivity contribution in [2.45, 2.75) is 46.3 Å². The average Bonchev–Trinajstić information content (AvgIpc) is 2.76. The molecule has 2 heterocycles. The van der Waals surface area contributed by atoms with Crippen molar-refractivity contribution in [1.82, 2.24) is 15.2 Å². The van der Waals surface area contributed by atoms with Crippen LogP contribution in [-0.4, -0.2) is 47.5 Å². The van der Waals surface area contributed by atoms with Gasteiger partial charge < -0.3 is 5.32 Å². The number of nitrogens with zero attached hydrogens (tertiary/aromatic N) is 3. The number of anilines is 1. The molecule has 2 rings (SSSR count). The number of aromatic nitrogens is 1. The fraction of sp³-hybridized carbons (Fsp3) is 0.714. The smallest absolute Gasteiger partial charge is 0.225 e. The number of nitrogens with one attached hydrogen (secondary N) is 1. The molecule has 1 N–H and O–H groups in total. The molecule has 20 heavy (non-hydrogen) atoms. The Bertz CT molecular complexity index is 452. The van der Waals surface area contributed by atoms with Gasteiger partial charge in [0.1, 0.15) is 0 Å². The van der Waals surface area contributed by atoms with E-state index in [1.54, 1.807) is 23.2 Å². The summed E-state index contributed by atoms with van der Waals surface area (Å²) in [5.41, 5.74) is 1.06. The number of rotatable bonds is 4. The molecule has 0 radical (unpaired) electrons. The Morgan fingerprint density at radius 1 is 1.50 bits per heavy atom. The summed E-state index contributed by atoms with van der Waals surface area (Å²) in [5, 5.41) is 6.41. The maximum Gasteiger partial charge on any atom is 0.225 e. The van der Waals surface area contributed by atoms with Crippen molar-refractivity contribution in [2.24, 2.45) is 0 Å². The second kappa shape index (κ2) is 6.65. The molecular weight excluding hydrogens is 272 g/mol. The molecule has 1 aliphatic heterocycles. The Morgan fingerprint density at radius 3 is 2.70 bits per heavy atom. The van der Waals surface area contributed by atoms with Crippen LogP contribution in [0.5, 0.6) is 0 Å². The first kappa shape index (κ1) is 15.4. The van der Waals surface area contributed by atoms with E-state index >= 15 is 0 Å². The highest BCUT2D eigenvalue weighted by atomic mass is 32.1. The summed E-state index contributed by atoms with van der Waals surface area (Å²) in [7, 11) is 0. The molecule has 0 spiro atoms. The first-order chi connectivity index (χ1) is 9.49. The largest absolute Gasteiger partial charge is 0.309 e. The van der Waals surface area contributed by atoms with Crippen LogP contribution >= 0.6 is 11.3 Å². The topological polar surface area (TPSA) is 48.5 Å². The van der Waals surface area contributed by atoms with E-state index in [1.165, 1.54) is 0 Å². The molecule has 1 aromatic heterocycles. The van der Waals surface area contributed by atoms with Gasteiger partial charge in [-0.05, 0) is 20.8 Å². The lowest BCUT2D eigenvalue weighted by Crippen LogP contribution is -2.53. The molecule has 1 aromatic rings. The molecule has 2 unspecified atom stereocenters. The first-order valence-electron chi connectivity index (χ1n) is 7.20. The van der Waals surface area contributed by atoms with Crippen molar-refractivity contribution in [1.29, 1.82) is 0 Å². The van der Waals surface area contributed by atoms with Crippen LogP contribution in [0.4, 0.5) is 5.13 Å². The summed E-state index contributed by atoms with van der Waals surface area (Å²) in [4.78, 5) is 20.3. The van der Waals surface area contributed by atoms with E-state index in [2.05, 4.69) is 34.4 Å². The number of carbonyl (C=O) groups excluding carboxylic acids is 1. The van der Waals surface area contributed by atoms with E-state index in [0.29, 0.717) is 18.6 Å². The van der Waals surface area contributed by atoms with Gasteiger partial charge in [0.05, 0.1) is 5.69 Å². The lowest BCUT2D eigenvalue weighted by molar-refractivity contribution is -0.116. The van der Waals surface area contributed by atoms with Crippen LogP contribution < -0.4 is 10.2 Å². The summed E-state index contributed by atoms with van der Waals surface area (Å²) in [6.07, 6.45) is 0. The van der Waals surface area contributed by atoms with E-state index in [4.69, 9.17) is 0 Å². The Hall–Kier alpha value is -0.980. The summed E-state index contributed by atoms with van der Waals surface area (Å²) in [5.74, 6) is 0.0535. The molecule has 0 bridgehead atoms. The predicted octanol–water partition coefficient (Wildman–Crippen LogP) is 1.70. The number of thiazole rings is 1. The number of carbonyl (C=O) groups is 1. The van der Waals surface area contributed by atoms with Crippen LogP contribution in [0.2, 0.25) is 0 Å². The van der Waals surface area contributed by atoms with Gasteiger partial charge in [-0.3, -0.25) is 14.6 Å². The van der Waals surface area contributed by atoms with Gasteiger partial charge in [-0.15, -0.1) is 11.3 Å². The van der Waals surface area contributed by atoms with E-state index in [1.807, 2.05) is 6.92 Å². The van der Waals surface area contributed by atoms with Gasteiger partial charge >= 0.3 is 0 Å². The van der Waals surface area contributed by atoms with Gasteiger partial charge in [0, 0.05) is 50.6 Å². The van der Waals surface area contributed by atoms with Crippen molar-refractivity contribution in [3.63, 3.8) is 0 Å². The Labute approximate surface area is 125 Å². The summed E-state index contributed by atoms with van der Waals surface area (Å²) >= 11 is 1.55. The molecule has 2 atom stereocenters. The standard InChI is InChI=1S/C14H24N4OS/c1-5-18(12(4)19)14-16-13(9-20-14)8-17-6-10(2)15-11(3)7-17/h9-11,15H,5-8H2,1-4H3. The van der Waals surface area contributed by atoms with Crippen molar-refractivity contribution < 1.29 is 4.79 Å².